The molecule has 28 heavy (non-hydrogen) atoms. The van der Waals surface area contributed by atoms with Gasteiger partial charge in [0.15, 0.2) is 0 Å². The number of hydrogen-bond acceptors (Lipinski definition) is 5. The second-order valence-corrected chi connectivity index (χ2v) is 6.96. The molecule has 1 aromatic heterocycles. The van der Waals surface area contributed by atoms with Crippen LogP contribution in [0.4, 0.5) is 0 Å². The predicted molar refractivity (Wildman–Crippen MR) is 105 cm³/mol. The molecule has 0 unspecified atom stereocenters. The number of likely N-dealkylation sites (tertiary alicyclic amines) is 1. The molecule has 6 heteroatoms. The molecule has 0 aliphatic carbocycles. The molecule has 2 aromatic carbocycles. The minimum atomic E-state index is 0.149. The summed E-state index contributed by atoms with van der Waals surface area (Å²) < 4.78 is 10.5. The fourth-order valence-corrected chi connectivity index (χ4v) is 3.44. The van der Waals surface area contributed by atoms with Crippen molar-refractivity contribution in [2.45, 2.75) is 31.7 Å². The number of benzene rings is 2. The highest BCUT2D eigenvalue weighted by Crippen LogP contribution is 2.24. The van der Waals surface area contributed by atoms with Crippen LogP contribution in [-0.2, 0) is 17.6 Å². The van der Waals surface area contributed by atoms with Crippen molar-refractivity contribution in [3.8, 4) is 17.1 Å². The Morgan fingerprint density at radius 1 is 1.18 bits per heavy atom. The minimum absolute atomic E-state index is 0.149. The maximum atomic E-state index is 12.6. The Labute approximate surface area is 164 Å². The summed E-state index contributed by atoms with van der Waals surface area (Å²) in [6, 6.07) is 18.1. The lowest BCUT2D eigenvalue weighted by atomic mass is 9.94. The standard InChI is InChI=1S/C22H23N3O3/c1-27-19-9-7-17(8-10-19)22-23-20(28-24-22)11-12-21(26)25-14-13-18(25)15-16-5-3-2-4-6-16/h2-10,18H,11-15H2,1H3/t18-/m0/s1. The molecule has 0 saturated carbocycles. The van der Waals surface area contributed by atoms with Crippen LogP contribution in [0.15, 0.2) is 59.1 Å². The smallest absolute Gasteiger partial charge is 0.227 e. The Kier molecular flexibility index (Phi) is 5.37. The van der Waals surface area contributed by atoms with E-state index < -0.39 is 0 Å². The third-order valence-corrected chi connectivity index (χ3v) is 5.15. The van der Waals surface area contributed by atoms with E-state index in [-0.39, 0.29) is 5.91 Å². The van der Waals surface area contributed by atoms with E-state index in [1.165, 1.54) is 5.56 Å². The summed E-state index contributed by atoms with van der Waals surface area (Å²) in [6.07, 6.45) is 2.81. The molecule has 4 rings (SSSR count). The lowest BCUT2D eigenvalue weighted by molar-refractivity contribution is -0.138. The van der Waals surface area contributed by atoms with E-state index in [1.54, 1.807) is 7.11 Å². The number of hydrogen-bond donors (Lipinski definition) is 0. The van der Waals surface area contributed by atoms with Crippen LogP contribution in [0.5, 0.6) is 5.75 Å². The van der Waals surface area contributed by atoms with Crippen molar-refractivity contribution in [2.75, 3.05) is 13.7 Å². The van der Waals surface area contributed by atoms with Gasteiger partial charge in [-0.3, -0.25) is 4.79 Å². The Bertz CT molecular complexity index is 922. The molecule has 1 atom stereocenters. The van der Waals surface area contributed by atoms with E-state index in [9.17, 15) is 4.79 Å². The number of ether oxygens (including phenoxy) is 1. The lowest BCUT2D eigenvalue weighted by Crippen LogP contribution is -2.52. The van der Waals surface area contributed by atoms with Crippen LogP contribution < -0.4 is 4.74 Å². The largest absolute Gasteiger partial charge is 0.497 e. The van der Waals surface area contributed by atoms with Gasteiger partial charge in [0, 0.05) is 31.0 Å². The van der Waals surface area contributed by atoms with Crippen LogP contribution in [0, 0.1) is 0 Å². The molecule has 6 nitrogen and oxygen atoms in total. The van der Waals surface area contributed by atoms with Crippen LogP contribution in [-0.4, -0.2) is 40.6 Å². The Hall–Kier alpha value is -3.15. The van der Waals surface area contributed by atoms with E-state index in [0.717, 1.165) is 30.7 Å². The molecule has 1 fully saturated rings. The first-order valence-corrected chi connectivity index (χ1v) is 9.53. The summed E-state index contributed by atoms with van der Waals surface area (Å²) >= 11 is 0. The maximum Gasteiger partial charge on any atom is 0.227 e. The van der Waals surface area contributed by atoms with E-state index in [0.29, 0.717) is 30.6 Å². The van der Waals surface area contributed by atoms with Gasteiger partial charge in [0.05, 0.1) is 7.11 Å². The van der Waals surface area contributed by atoms with Gasteiger partial charge in [0.2, 0.25) is 17.6 Å². The highest BCUT2D eigenvalue weighted by atomic mass is 16.5. The monoisotopic (exact) mass is 377 g/mol. The van der Waals surface area contributed by atoms with Crippen LogP contribution >= 0.6 is 0 Å². The summed E-state index contributed by atoms with van der Waals surface area (Å²) in [5.41, 5.74) is 2.12. The first kappa shape index (κ1) is 18.2. The molecule has 0 bridgehead atoms. The number of nitrogens with zero attached hydrogens (tertiary/aromatic N) is 3. The summed E-state index contributed by atoms with van der Waals surface area (Å²) in [5, 5.41) is 4.02. The average Bonchev–Trinajstić information content (AvgIpc) is 3.19. The number of carbonyl (C=O) groups excluding carboxylic acids is 1. The molecule has 1 saturated heterocycles. The second kappa shape index (κ2) is 8.25. The second-order valence-electron chi connectivity index (χ2n) is 6.96. The van der Waals surface area contributed by atoms with Crippen LogP contribution in [0.2, 0.25) is 0 Å². The molecule has 144 valence electrons. The highest BCUT2D eigenvalue weighted by molar-refractivity contribution is 5.77. The number of rotatable bonds is 7. The first-order valence-electron chi connectivity index (χ1n) is 9.53. The fourth-order valence-electron chi connectivity index (χ4n) is 3.44. The zero-order chi connectivity index (χ0) is 19.3. The van der Waals surface area contributed by atoms with E-state index in [4.69, 9.17) is 9.26 Å². The minimum Gasteiger partial charge on any atom is -0.497 e. The zero-order valence-corrected chi connectivity index (χ0v) is 15.9. The van der Waals surface area contributed by atoms with Gasteiger partial charge in [0.25, 0.3) is 0 Å². The van der Waals surface area contributed by atoms with Crippen molar-refractivity contribution in [3.05, 3.63) is 66.1 Å². The highest BCUT2D eigenvalue weighted by Gasteiger charge is 2.31. The van der Waals surface area contributed by atoms with Gasteiger partial charge in [-0.15, -0.1) is 0 Å². The number of aromatic nitrogens is 2. The number of amides is 1. The molecule has 1 amide bonds. The summed E-state index contributed by atoms with van der Waals surface area (Å²) in [7, 11) is 1.63. The third-order valence-electron chi connectivity index (χ3n) is 5.15. The fraction of sp³-hybridized carbons (Fsp3) is 0.318. The number of aryl methyl sites for hydroxylation is 1. The van der Waals surface area contributed by atoms with Gasteiger partial charge in [0.1, 0.15) is 5.75 Å². The SMILES string of the molecule is COc1ccc(-c2noc(CCC(=O)N3CC[C@H]3Cc3ccccc3)n2)cc1. The quantitative estimate of drug-likeness (QED) is 0.630. The molecule has 1 aliphatic heterocycles. The van der Waals surface area contributed by atoms with Crippen molar-refractivity contribution in [3.63, 3.8) is 0 Å². The zero-order valence-electron chi connectivity index (χ0n) is 15.9. The molecule has 0 N–H and O–H groups in total. The van der Waals surface area contributed by atoms with E-state index in [2.05, 4.69) is 22.3 Å². The van der Waals surface area contributed by atoms with Crippen molar-refractivity contribution in [1.82, 2.24) is 15.0 Å². The van der Waals surface area contributed by atoms with Gasteiger partial charge in [-0.2, -0.15) is 4.98 Å². The molecule has 3 aromatic rings. The Balaban J connectivity index is 1.31. The maximum absolute atomic E-state index is 12.6. The molecular formula is C22H23N3O3. The van der Waals surface area contributed by atoms with Gasteiger partial charge >= 0.3 is 0 Å². The van der Waals surface area contributed by atoms with Crippen molar-refractivity contribution in [2.24, 2.45) is 0 Å². The molecule has 2 heterocycles. The topological polar surface area (TPSA) is 68.5 Å². The van der Waals surface area contributed by atoms with Crippen molar-refractivity contribution >= 4 is 5.91 Å². The predicted octanol–water partition coefficient (Wildman–Crippen LogP) is 3.52. The summed E-state index contributed by atoms with van der Waals surface area (Å²) in [6.45, 7) is 0.831. The normalized spacial score (nSPS) is 15.9. The first-order chi connectivity index (χ1) is 13.7. The molecule has 0 radical (unpaired) electrons. The van der Waals surface area contributed by atoms with Crippen LogP contribution in [0.3, 0.4) is 0 Å². The van der Waals surface area contributed by atoms with Crippen LogP contribution in [0.25, 0.3) is 11.4 Å². The Morgan fingerprint density at radius 2 is 1.96 bits per heavy atom. The van der Waals surface area contributed by atoms with Crippen molar-refractivity contribution < 1.29 is 14.1 Å². The molecular weight excluding hydrogens is 354 g/mol. The number of carbonyl (C=O) groups is 1. The van der Waals surface area contributed by atoms with Gasteiger partial charge < -0.3 is 14.2 Å². The number of methoxy groups -OCH3 is 1. The van der Waals surface area contributed by atoms with Gasteiger partial charge in [-0.1, -0.05) is 35.5 Å². The van der Waals surface area contributed by atoms with E-state index >= 15 is 0 Å². The van der Waals surface area contributed by atoms with E-state index in [1.807, 2.05) is 47.4 Å². The Morgan fingerprint density at radius 3 is 2.64 bits per heavy atom. The molecule has 0 spiro atoms. The summed E-state index contributed by atoms with van der Waals surface area (Å²) in [4.78, 5) is 18.9. The average molecular weight is 377 g/mol. The van der Waals surface area contributed by atoms with Crippen molar-refractivity contribution in [1.29, 1.82) is 0 Å². The lowest BCUT2D eigenvalue weighted by Gasteiger charge is -2.41. The summed E-state index contributed by atoms with van der Waals surface area (Å²) in [5.74, 6) is 1.93. The van der Waals surface area contributed by atoms with Gasteiger partial charge in [-0.25, -0.2) is 0 Å². The van der Waals surface area contributed by atoms with Crippen LogP contribution in [0.1, 0.15) is 24.3 Å². The molecule has 1 aliphatic rings. The third kappa shape index (κ3) is 4.06. The van der Waals surface area contributed by atoms with Gasteiger partial charge in [-0.05, 0) is 42.7 Å².